The van der Waals surface area contributed by atoms with Crippen LogP contribution in [-0.4, -0.2) is 17.8 Å². The molecular formula is C10H14ClNO2. The summed E-state index contributed by atoms with van der Waals surface area (Å²) in [7, 11) is 0. The molecule has 0 saturated carbocycles. The minimum atomic E-state index is -0.138. The Kier molecular flexibility index (Phi) is 4.01. The molecule has 0 saturated heterocycles. The summed E-state index contributed by atoms with van der Waals surface area (Å²) in [6.45, 7) is 4.26. The largest absolute Gasteiger partial charge is 0.469 e. The van der Waals surface area contributed by atoms with E-state index in [0.29, 0.717) is 12.1 Å². The van der Waals surface area contributed by atoms with Gasteiger partial charge < -0.3 is 9.73 Å². The van der Waals surface area contributed by atoms with Gasteiger partial charge in [0.25, 0.3) is 5.91 Å². The quantitative estimate of drug-likeness (QED) is 0.784. The van der Waals surface area contributed by atoms with Crippen molar-refractivity contribution < 1.29 is 9.21 Å². The Labute approximate surface area is 88.4 Å². The Morgan fingerprint density at radius 2 is 2.43 bits per heavy atom. The lowest BCUT2D eigenvalue weighted by Gasteiger charge is -2.06. The van der Waals surface area contributed by atoms with Crippen molar-refractivity contribution in [3.8, 4) is 0 Å². The highest BCUT2D eigenvalue weighted by Gasteiger charge is 2.09. The third kappa shape index (κ3) is 3.07. The number of halogens is 1. The summed E-state index contributed by atoms with van der Waals surface area (Å²) in [6.07, 6.45) is 2.28. The molecule has 1 heterocycles. The molecule has 0 aliphatic rings. The van der Waals surface area contributed by atoms with Crippen LogP contribution >= 0.6 is 11.6 Å². The van der Waals surface area contributed by atoms with E-state index in [1.807, 2.05) is 6.92 Å². The van der Waals surface area contributed by atoms with Crippen molar-refractivity contribution >= 4 is 17.5 Å². The zero-order chi connectivity index (χ0) is 10.6. The lowest BCUT2D eigenvalue weighted by molar-refractivity contribution is 0.0953. The van der Waals surface area contributed by atoms with Gasteiger partial charge in [-0.1, -0.05) is 6.92 Å². The van der Waals surface area contributed by atoms with Crippen molar-refractivity contribution in [2.24, 2.45) is 0 Å². The zero-order valence-corrected chi connectivity index (χ0v) is 9.10. The summed E-state index contributed by atoms with van der Waals surface area (Å²) in [6, 6.07) is 1.70. The van der Waals surface area contributed by atoms with Crippen LogP contribution in [0.1, 0.15) is 29.5 Å². The van der Waals surface area contributed by atoms with Gasteiger partial charge in [-0.15, -0.1) is 11.6 Å². The molecule has 0 bridgehead atoms. The molecule has 0 aromatic carbocycles. The SMILES string of the molecule is CCC(Cl)CNC(=O)c1coc(C)c1. The van der Waals surface area contributed by atoms with Gasteiger partial charge in [-0.3, -0.25) is 4.79 Å². The third-order valence-electron chi connectivity index (χ3n) is 1.92. The van der Waals surface area contributed by atoms with E-state index < -0.39 is 0 Å². The Bertz CT molecular complexity index is 309. The van der Waals surface area contributed by atoms with Gasteiger partial charge in [0, 0.05) is 6.54 Å². The van der Waals surface area contributed by atoms with Crippen molar-refractivity contribution in [2.45, 2.75) is 25.6 Å². The molecule has 1 aromatic heterocycles. The number of carbonyl (C=O) groups excluding carboxylic acids is 1. The average Bonchev–Trinajstić information content (AvgIpc) is 2.60. The van der Waals surface area contributed by atoms with Gasteiger partial charge in [0.2, 0.25) is 0 Å². The second kappa shape index (κ2) is 5.05. The van der Waals surface area contributed by atoms with Crippen molar-refractivity contribution in [3.05, 3.63) is 23.7 Å². The maximum Gasteiger partial charge on any atom is 0.254 e. The Morgan fingerprint density at radius 1 is 1.71 bits per heavy atom. The number of nitrogens with one attached hydrogen (secondary N) is 1. The molecule has 4 heteroatoms. The molecular weight excluding hydrogens is 202 g/mol. The standard InChI is InChI=1S/C10H14ClNO2/c1-3-9(11)5-12-10(13)8-4-7(2)14-6-8/h4,6,9H,3,5H2,1-2H3,(H,12,13). The van der Waals surface area contributed by atoms with Gasteiger partial charge in [-0.25, -0.2) is 0 Å². The highest BCUT2D eigenvalue weighted by atomic mass is 35.5. The topological polar surface area (TPSA) is 42.2 Å². The van der Waals surface area contributed by atoms with Gasteiger partial charge >= 0.3 is 0 Å². The molecule has 0 aliphatic heterocycles. The molecule has 0 fully saturated rings. The first-order chi connectivity index (χ1) is 6.63. The summed E-state index contributed by atoms with van der Waals surface area (Å²) < 4.78 is 5.02. The van der Waals surface area contributed by atoms with Gasteiger partial charge in [0.1, 0.15) is 12.0 Å². The van der Waals surface area contributed by atoms with Crippen LogP contribution in [0.15, 0.2) is 16.7 Å². The molecule has 0 aliphatic carbocycles. The van der Waals surface area contributed by atoms with Crippen LogP contribution in [0.2, 0.25) is 0 Å². The number of carbonyl (C=O) groups is 1. The summed E-state index contributed by atoms with van der Waals surface area (Å²) in [5, 5.41) is 2.72. The molecule has 1 unspecified atom stereocenters. The molecule has 14 heavy (non-hydrogen) atoms. The summed E-state index contributed by atoms with van der Waals surface area (Å²) in [5.74, 6) is 0.592. The number of rotatable bonds is 4. The summed E-state index contributed by atoms with van der Waals surface area (Å²) in [5.41, 5.74) is 0.544. The maximum atomic E-state index is 11.4. The molecule has 78 valence electrons. The predicted molar refractivity (Wildman–Crippen MR) is 55.7 cm³/mol. The first kappa shape index (κ1) is 11.1. The maximum absolute atomic E-state index is 11.4. The molecule has 1 rings (SSSR count). The fourth-order valence-electron chi connectivity index (χ4n) is 1.01. The molecule has 1 N–H and O–H groups in total. The zero-order valence-electron chi connectivity index (χ0n) is 8.34. The van der Waals surface area contributed by atoms with Crippen LogP contribution in [0.25, 0.3) is 0 Å². The fraction of sp³-hybridized carbons (Fsp3) is 0.500. The molecule has 1 amide bonds. The lowest BCUT2D eigenvalue weighted by Crippen LogP contribution is -2.29. The van der Waals surface area contributed by atoms with Gasteiger partial charge in [-0.05, 0) is 19.4 Å². The molecule has 0 spiro atoms. The van der Waals surface area contributed by atoms with E-state index in [1.165, 1.54) is 6.26 Å². The van der Waals surface area contributed by atoms with Crippen molar-refractivity contribution in [1.29, 1.82) is 0 Å². The second-order valence-corrected chi connectivity index (χ2v) is 3.78. The molecule has 3 nitrogen and oxygen atoms in total. The summed E-state index contributed by atoms with van der Waals surface area (Å²) >= 11 is 5.86. The van der Waals surface area contributed by atoms with E-state index in [2.05, 4.69) is 5.32 Å². The minimum absolute atomic E-state index is 0.00746. The number of furan rings is 1. The first-order valence-corrected chi connectivity index (χ1v) is 5.04. The highest BCUT2D eigenvalue weighted by Crippen LogP contribution is 2.06. The van der Waals surface area contributed by atoms with E-state index >= 15 is 0 Å². The van der Waals surface area contributed by atoms with Crippen LogP contribution in [-0.2, 0) is 0 Å². The van der Waals surface area contributed by atoms with Crippen LogP contribution in [0.3, 0.4) is 0 Å². The number of alkyl halides is 1. The van der Waals surface area contributed by atoms with E-state index in [4.69, 9.17) is 16.0 Å². The normalized spacial score (nSPS) is 12.5. The average molecular weight is 216 g/mol. The number of aryl methyl sites for hydroxylation is 1. The van der Waals surface area contributed by atoms with Crippen molar-refractivity contribution in [3.63, 3.8) is 0 Å². The number of hydrogen-bond donors (Lipinski definition) is 1. The smallest absolute Gasteiger partial charge is 0.254 e. The van der Waals surface area contributed by atoms with E-state index in [-0.39, 0.29) is 11.3 Å². The molecule has 1 atom stereocenters. The van der Waals surface area contributed by atoms with Gasteiger partial charge in [-0.2, -0.15) is 0 Å². The third-order valence-corrected chi connectivity index (χ3v) is 2.38. The highest BCUT2D eigenvalue weighted by molar-refractivity contribution is 6.20. The second-order valence-electron chi connectivity index (χ2n) is 3.16. The van der Waals surface area contributed by atoms with Gasteiger partial charge in [0.05, 0.1) is 10.9 Å². The monoisotopic (exact) mass is 215 g/mol. The van der Waals surface area contributed by atoms with Crippen LogP contribution in [0.4, 0.5) is 0 Å². The van der Waals surface area contributed by atoms with Crippen molar-refractivity contribution in [1.82, 2.24) is 5.32 Å². The van der Waals surface area contributed by atoms with Crippen molar-refractivity contribution in [2.75, 3.05) is 6.54 Å². The minimum Gasteiger partial charge on any atom is -0.469 e. The first-order valence-electron chi connectivity index (χ1n) is 4.61. The fourth-order valence-corrected chi connectivity index (χ4v) is 1.09. The van der Waals surface area contributed by atoms with Crippen LogP contribution in [0, 0.1) is 6.92 Å². The van der Waals surface area contributed by atoms with E-state index in [9.17, 15) is 4.79 Å². The Balaban J connectivity index is 2.43. The van der Waals surface area contributed by atoms with Crippen LogP contribution in [0.5, 0.6) is 0 Å². The number of hydrogen-bond acceptors (Lipinski definition) is 2. The number of amides is 1. The van der Waals surface area contributed by atoms with Crippen LogP contribution < -0.4 is 5.32 Å². The lowest BCUT2D eigenvalue weighted by atomic mass is 10.3. The molecule has 1 aromatic rings. The molecule has 0 radical (unpaired) electrons. The van der Waals surface area contributed by atoms with E-state index in [1.54, 1.807) is 13.0 Å². The predicted octanol–water partition coefficient (Wildman–Crippen LogP) is 2.34. The Hall–Kier alpha value is -0.960. The van der Waals surface area contributed by atoms with Gasteiger partial charge in [0.15, 0.2) is 0 Å². The Morgan fingerprint density at radius 3 is 2.93 bits per heavy atom. The summed E-state index contributed by atoms with van der Waals surface area (Å²) in [4.78, 5) is 11.4. The van der Waals surface area contributed by atoms with E-state index in [0.717, 1.165) is 12.2 Å².